The van der Waals surface area contributed by atoms with Gasteiger partial charge in [-0.1, -0.05) is 12.5 Å². The topological polar surface area (TPSA) is 75.0 Å². The normalized spacial score (nSPS) is 20.4. The molecule has 3 N–H and O–H groups in total. The second-order valence-corrected chi connectivity index (χ2v) is 5.20. The van der Waals surface area contributed by atoms with Gasteiger partial charge in [0.05, 0.1) is 18.1 Å². The SMILES string of the molecule is NC(=O)C1CCCCN1Cc1nc2c(F)cccc2[nH]1. The van der Waals surface area contributed by atoms with Crippen molar-refractivity contribution in [2.45, 2.75) is 31.8 Å². The third-order valence-corrected chi connectivity index (χ3v) is 3.81. The summed E-state index contributed by atoms with van der Waals surface area (Å²) < 4.78 is 13.6. The Labute approximate surface area is 116 Å². The van der Waals surface area contributed by atoms with Crippen LogP contribution < -0.4 is 5.73 Å². The van der Waals surface area contributed by atoms with E-state index in [1.807, 2.05) is 4.90 Å². The summed E-state index contributed by atoms with van der Waals surface area (Å²) in [6.07, 6.45) is 2.83. The first kappa shape index (κ1) is 13.1. The van der Waals surface area contributed by atoms with Gasteiger partial charge in [-0.25, -0.2) is 9.37 Å². The monoisotopic (exact) mass is 276 g/mol. The minimum Gasteiger partial charge on any atom is -0.368 e. The van der Waals surface area contributed by atoms with Crippen LogP contribution in [0.25, 0.3) is 11.0 Å². The maximum absolute atomic E-state index is 13.6. The van der Waals surface area contributed by atoms with Crippen LogP contribution in [0.4, 0.5) is 4.39 Å². The van der Waals surface area contributed by atoms with Crippen molar-refractivity contribution in [3.05, 3.63) is 29.8 Å². The number of primary amides is 1. The predicted octanol–water partition coefficient (Wildman–Crippen LogP) is 1.54. The number of nitrogens with two attached hydrogens (primary N) is 1. The highest BCUT2D eigenvalue weighted by atomic mass is 19.1. The second kappa shape index (κ2) is 5.20. The van der Waals surface area contributed by atoms with Crippen molar-refractivity contribution in [2.24, 2.45) is 5.73 Å². The van der Waals surface area contributed by atoms with Crippen molar-refractivity contribution >= 4 is 16.9 Å². The van der Waals surface area contributed by atoms with E-state index in [-0.39, 0.29) is 17.8 Å². The van der Waals surface area contributed by atoms with Crippen molar-refractivity contribution in [1.29, 1.82) is 0 Å². The average molecular weight is 276 g/mol. The molecule has 1 aliphatic heterocycles. The van der Waals surface area contributed by atoms with Gasteiger partial charge in [0.2, 0.25) is 5.91 Å². The number of aromatic nitrogens is 2. The number of nitrogens with one attached hydrogen (secondary N) is 1. The van der Waals surface area contributed by atoms with E-state index in [4.69, 9.17) is 5.73 Å². The van der Waals surface area contributed by atoms with E-state index in [1.165, 1.54) is 6.07 Å². The van der Waals surface area contributed by atoms with Gasteiger partial charge in [0.1, 0.15) is 11.3 Å². The lowest BCUT2D eigenvalue weighted by molar-refractivity contribution is -0.124. The van der Waals surface area contributed by atoms with Crippen molar-refractivity contribution in [3.8, 4) is 0 Å². The van der Waals surface area contributed by atoms with E-state index in [1.54, 1.807) is 12.1 Å². The zero-order valence-electron chi connectivity index (χ0n) is 11.1. The molecule has 1 atom stereocenters. The highest BCUT2D eigenvalue weighted by Crippen LogP contribution is 2.20. The maximum atomic E-state index is 13.6. The molecule has 2 heterocycles. The average Bonchev–Trinajstić information content (AvgIpc) is 2.83. The number of carbonyl (C=O) groups excluding carboxylic acids is 1. The number of H-pyrrole nitrogens is 1. The summed E-state index contributed by atoms with van der Waals surface area (Å²) in [5.74, 6) is 0.0281. The van der Waals surface area contributed by atoms with Crippen LogP contribution in [-0.2, 0) is 11.3 Å². The number of nitrogens with zero attached hydrogens (tertiary/aromatic N) is 2. The summed E-state index contributed by atoms with van der Waals surface area (Å²) in [7, 11) is 0. The number of carbonyl (C=O) groups is 1. The van der Waals surface area contributed by atoms with Crippen LogP contribution in [0.1, 0.15) is 25.1 Å². The first-order valence-electron chi connectivity index (χ1n) is 6.81. The molecule has 0 saturated carbocycles. The van der Waals surface area contributed by atoms with Gasteiger partial charge in [0, 0.05) is 0 Å². The standard InChI is InChI=1S/C14H17FN4O/c15-9-4-3-5-10-13(9)18-12(17-10)8-19-7-2-1-6-11(19)14(16)20/h3-5,11H,1-2,6-8H2,(H2,16,20)(H,17,18). The Hall–Kier alpha value is -1.95. The van der Waals surface area contributed by atoms with E-state index in [0.717, 1.165) is 25.8 Å². The van der Waals surface area contributed by atoms with Gasteiger partial charge in [-0.15, -0.1) is 0 Å². The lowest BCUT2D eigenvalue weighted by Crippen LogP contribution is -2.47. The van der Waals surface area contributed by atoms with Crippen molar-refractivity contribution in [1.82, 2.24) is 14.9 Å². The first-order chi connectivity index (χ1) is 9.65. The number of benzene rings is 1. The molecule has 3 rings (SSSR count). The number of hydrogen-bond acceptors (Lipinski definition) is 3. The maximum Gasteiger partial charge on any atom is 0.234 e. The Balaban J connectivity index is 1.84. The van der Waals surface area contributed by atoms with Gasteiger partial charge in [0.15, 0.2) is 5.82 Å². The molecule has 1 aromatic carbocycles. The quantitative estimate of drug-likeness (QED) is 0.893. The van der Waals surface area contributed by atoms with Gasteiger partial charge >= 0.3 is 0 Å². The zero-order valence-corrected chi connectivity index (χ0v) is 11.1. The molecule has 1 aromatic heterocycles. The molecule has 1 aliphatic rings. The number of amides is 1. The molecule has 1 amide bonds. The lowest BCUT2D eigenvalue weighted by Gasteiger charge is -2.32. The van der Waals surface area contributed by atoms with Gasteiger partial charge in [0.25, 0.3) is 0 Å². The fourth-order valence-electron chi connectivity index (χ4n) is 2.82. The largest absolute Gasteiger partial charge is 0.368 e. The number of para-hydroxylation sites is 1. The number of halogens is 1. The van der Waals surface area contributed by atoms with E-state index in [2.05, 4.69) is 9.97 Å². The Morgan fingerprint density at radius 3 is 3.10 bits per heavy atom. The van der Waals surface area contributed by atoms with Crippen molar-refractivity contribution in [2.75, 3.05) is 6.54 Å². The van der Waals surface area contributed by atoms with Gasteiger partial charge in [-0.2, -0.15) is 0 Å². The van der Waals surface area contributed by atoms with Gasteiger partial charge < -0.3 is 10.7 Å². The number of piperidine rings is 1. The predicted molar refractivity (Wildman–Crippen MR) is 73.3 cm³/mol. The molecule has 5 nitrogen and oxygen atoms in total. The molecule has 0 radical (unpaired) electrons. The summed E-state index contributed by atoms with van der Waals surface area (Å²) in [4.78, 5) is 20.9. The Morgan fingerprint density at radius 1 is 1.50 bits per heavy atom. The van der Waals surface area contributed by atoms with Crippen LogP contribution in [-0.4, -0.2) is 33.4 Å². The van der Waals surface area contributed by atoms with Crippen molar-refractivity contribution in [3.63, 3.8) is 0 Å². The fraction of sp³-hybridized carbons (Fsp3) is 0.429. The fourth-order valence-corrected chi connectivity index (χ4v) is 2.82. The first-order valence-corrected chi connectivity index (χ1v) is 6.81. The van der Waals surface area contributed by atoms with E-state index < -0.39 is 0 Å². The van der Waals surface area contributed by atoms with Crippen LogP contribution in [0.15, 0.2) is 18.2 Å². The Kier molecular flexibility index (Phi) is 3.40. The number of fused-ring (bicyclic) bond motifs is 1. The molecule has 6 heteroatoms. The minimum atomic E-state index is -0.338. The molecule has 0 aliphatic carbocycles. The Morgan fingerprint density at radius 2 is 2.35 bits per heavy atom. The van der Waals surface area contributed by atoms with E-state index >= 15 is 0 Å². The molecule has 1 fully saturated rings. The number of imidazole rings is 1. The molecule has 20 heavy (non-hydrogen) atoms. The summed E-state index contributed by atoms with van der Waals surface area (Å²) in [6, 6.07) is 4.57. The smallest absolute Gasteiger partial charge is 0.234 e. The number of aromatic amines is 1. The summed E-state index contributed by atoms with van der Waals surface area (Å²) in [5, 5.41) is 0. The molecule has 1 saturated heterocycles. The van der Waals surface area contributed by atoms with Crippen LogP contribution >= 0.6 is 0 Å². The molecule has 1 unspecified atom stereocenters. The van der Waals surface area contributed by atoms with Gasteiger partial charge in [-0.3, -0.25) is 9.69 Å². The summed E-state index contributed by atoms with van der Waals surface area (Å²) in [6.45, 7) is 1.30. The Bertz CT molecular complexity index is 639. The summed E-state index contributed by atoms with van der Waals surface area (Å²) in [5.41, 5.74) is 6.46. The van der Waals surface area contributed by atoms with Crippen molar-refractivity contribution < 1.29 is 9.18 Å². The third-order valence-electron chi connectivity index (χ3n) is 3.81. The lowest BCUT2D eigenvalue weighted by atomic mass is 10.0. The molecular formula is C14H17FN4O. The van der Waals surface area contributed by atoms with Crippen LogP contribution in [0.3, 0.4) is 0 Å². The molecule has 0 spiro atoms. The molecule has 0 bridgehead atoms. The highest BCUT2D eigenvalue weighted by molar-refractivity contribution is 5.80. The third kappa shape index (κ3) is 2.38. The molecular weight excluding hydrogens is 259 g/mol. The zero-order chi connectivity index (χ0) is 14.1. The minimum absolute atomic E-state index is 0.248. The van der Waals surface area contributed by atoms with Gasteiger partial charge in [-0.05, 0) is 31.5 Å². The highest BCUT2D eigenvalue weighted by Gasteiger charge is 2.27. The van der Waals surface area contributed by atoms with Crippen LogP contribution in [0.5, 0.6) is 0 Å². The number of rotatable bonds is 3. The van der Waals surface area contributed by atoms with Crippen LogP contribution in [0.2, 0.25) is 0 Å². The number of likely N-dealkylation sites (tertiary alicyclic amines) is 1. The van der Waals surface area contributed by atoms with E-state index in [0.29, 0.717) is 23.4 Å². The second-order valence-electron chi connectivity index (χ2n) is 5.20. The number of hydrogen-bond donors (Lipinski definition) is 2. The van der Waals surface area contributed by atoms with Crippen LogP contribution in [0, 0.1) is 5.82 Å². The summed E-state index contributed by atoms with van der Waals surface area (Å²) >= 11 is 0. The van der Waals surface area contributed by atoms with E-state index in [9.17, 15) is 9.18 Å². The molecule has 2 aromatic rings. The molecule has 106 valence electrons.